The maximum absolute atomic E-state index is 13.3. The minimum Gasteiger partial charge on any atom is -0.393 e. The number of hydrogen-bond donors (Lipinski definition) is 3. The number of aryl methyl sites for hydroxylation is 2. The molecule has 0 aliphatic heterocycles. The summed E-state index contributed by atoms with van der Waals surface area (Å²) in [6.07, 6.45) is 1.40. The second kappa shape index (κ2) is 6.94. The summed E-state index contributed by atoms with van der Waals surface area (Å²) >= 11 is 5.80. The van der Waals surface area contributed by atoms with Crippen LogP contribution in [0.2, 0.25) is 5.02 Å². The molecular formula is C18H17ClFN5. The van der Waals surface area contributed by atoms with Gasteiger partial charge in [0.1, 0.15) is 17.8 Å². The van der Waals surface area contributed by atoms with Gasteiger partial charge in [-0.05, 0) is 55.3 Å². The molecule has 0 amide bonds. The van der Waals surface area contributed by atoms with Crippen molar-refractivity contribution in [3.05, 3.63) is 64.7 Å². The van der Waals surface area contributed by atoms with E-state index < -0.39 is 5.82 Å². The van der Waals surface area contributed by atoms with Gasteiger partial charge in [-0.2, -0.15) is 0 Å². The number of nitrogens with one attached hydrogen (secondary N) is 2. The van der Waals surface area contributed by atoms with E-state index in [4.69, 9.17) is 17.3 Å². The van der Waals surface area contributed by atoms with Crippen molar-refractivity contribution in [2.24, 2.45) is 0 Å². The fourth-order valence-electron chi connectivity index (χ4n) is 2.49. The van der Waals surface area contributed by atoms with Crippen LogP contribution in [-0.2, 0) is 0 Å². The predicted molar refractivity (Wildman–Crippen MR) is 100 cm³/mol. The zero-order valence-corrected chi connectivity index (χ0v) is 14.5. The Labute approximate surface area is 150 Å². The van der Waals surface area contributed by atoms with Crippen LogP contribution in [0.4, 0.5) is 33.1 Å². The smallest absolute Gasteiger partial charge is 0.159 e. The zero-order chi connectivity index (χ0) is 18.0. The molecule has 1 aromatic heterocycles. The molecule has 128 valence electrons. The fraction of sp³-hybridized carbons (Fsp3) is 0.111. The SMILES string of the molecule is Cc1cc(C)cc(Nc2ncnc(Nc3ccc(F)c(Cl)c3)c2N)c1. The molecule has 0 radical (unpaired) electrons. The van der Waals surface area contributed by atoms with Gasteiger partial charge in [0.25, 0.3) is 0 Å². The predicted octanol–water partition coefficient (Wildman–Crippen LogP) is 4.96. The summed E-state index contributed by atoms with van der Waals surface area (Å²) in [6.45, 7) is 4.04. The van der Waals surface area contributed by atoms with E-state index in [1.54, 1.807) is 6.07 Å². The number of nitrogens with zero attached hydrogens (tertiary/aromatic N) is 2. The number of benzene rings is 2. The topological polar surface area (TPSA) is 75.9 Å². The van der Waals surface area contributed by atoms with Crippen molar-refractivity contribution in [3.8, 4) is 0 Å². The molecule has 0 spiro atoms. The monoisotopic (exact) mass is 357 g/mol. The standard InChI is InChI=1S/C18H17ClFN5/c1-10-5-11(2)7-13(6-10)25-18-16(21)17(22-9-23-18)24-12-3-4-15(20)14(19)8-12/h3-9H,21H2,1-2H3,(H2,22,23,24,25). The van der Waals surface area contributed by atoms with Crippen LogP contribution in [0.15, 0.2) is 42.7 Å². The van der Waals surface area contributed by atoms with E-state index in [2.05, 4.69) is 26.7 Å². The van der Waals surface area contributed by atoms with Gasteiger partial charge in [-0.15, -0.1) is 0 Å². The molecule has 0 saturated heterocycles. The van der Waals surface area contributed by atoms with Crippen molar-refractivity contribution < 1.29 is 4.39 Å². The van der Waals surface area contributed by atoms with Crippen molar-refractivity contribution in [1.29, 1.82) is 0 Å². The third kappa shape index (κ3) is 3.97. The van der Waals surface area contributed by atoms with Crippen LogP contribution in [0.25, 0.3) is 0 Å². The molecule has 0 saturated carbocycles. The Morgan fingerprint density at radius 1 is 0.920 bits per heavy atom. The van der Waals surface area contributed by atoms with Gasteiger partial charge < -0.3 is 16.4 Å². The molecule has 0 atom stereocenters. The van der Waals surface area contributed by atoms with Gasteiger partial charge in [0, 0.05) is 11.4 Å². The number of hydrogen-bond acceptors (Lipinski definition) is 5. The lowest BCUT2D eigenvalue weighted by molar-refractivity contribution is 0.628. The van der Waals surface area contributed by atoms with Crippen LogP contribution in [0.1, 0.15) is 11.1 Å². The summed E-state index contributed by atoms with van der Waals surface area (Å²) in [4.78, 5) is 8.33. The van der Waals surface area contributed by atoms with E-state index in [0.717, 1.165) is 16.8 Å². The molecule has 2 aromatic carbocycles. The lowest BCUT2D eigenvalue weighted by Gasteiger charge is -2.13. The maximum atomic E-state index is 13.3. The molecule has 3 rings (SSSR count). The van der Waals surface area contributed by atoms with Crippen LogP contribution >= 0.6 is 11.6 Å². The second-order valence-corrected chi connectivity index (χ2v) is 6.15. The van der Waals surface area contributed by atoms with Crippen LogP contribution < -0.4 is 16.4 Å². The largest absolute Gasteiger partial charge is 0.393 e. The average molecular weight is 358 g/mol. The zero-order valence-electron chi connectivity index (χ0n) is 13.8. The number of rotatable bonds is 4. The molecule has 1 heterocycles. The molecule has 0 aliphatic carbocycles. The molecule has 0 unspecified atom stereocenters. The maximum Gasteiger partial charge on any atom is 0.159 e. The molecule has 25 heavy (non-hydrogen) atoms. The first kappa shape index (κ1) is 17.0. The molecule has 7 heteroatoms. The number of halogens is 2. The fourth-order valence-corrected chi connectivity index (χ4v) is 2.67. The highest BCUT2D eigenvalue weighted by Crippen LogP contribution is 2.29. The third-order valence-corrected chi connectivity index (χ3v) is 3.84. The quantitative estimate of drug-likeness (QED) is 0.615. The van der Waals surface area contributed by atoms with Crippen molar-refractivity contribution in [3.63, 3.8) is 0 Å². The highest BCUT2D eigenvalue weighted by atomic mass is 35.5. The van der Waals surface area contributed by atoms with E-state index in [1.165, 1.54) is 18.5 Å². The minimum absolute atomic E-state index is 0.0196. The van der Waals surface area contributed by atoms with E-state index in [0.29, 0.717) is 23.0 Å². The Bertz CT molecular complexity index is 909. The van der Waals surface area contributed by atoms with Gasteiger partial charge in [0.15, 0.2) is 11.6 Å². The first-order chi connectivity index (χ1) is 11.9. The van der Waals surface area contributed by atoms with Crippen molar-refractivity contribution in [1.82, 2.24) is 9.97 Å². The lowest BCUT2D eigenvalue weighted by atomic mass is 10.1. The molecule has 0 bridgehead atoms. The Balaban J connectivity index is 1.87. The summed E-state index contributed by atoms with van der Waals surface area (Å²) in [5, 5.41) is 6.24. The van der Waals surface area contributed by atoms with E-state index in [-0.39, 0.29) is 5.02 Å². The van der Waals surface area contributed by atoms with E-state index >= 15 is 0 Å². The lowest BCUT2D eigenvalue weighted by Crippen LogP contribution is -2.05. The van der Waals surface area contributed by atoms with Crippen LogP contribution in [0.3, 0.4) is 0 Å². The number of aromatic nitrogens is 2. The second-order valence-electron chi connectivity index (χ2n) is 5.74. The van der Waals surface area contributed by atoms with Crippen LogP contribution in [0, 0.1) is 19.7 Å². The third-order valence-electron chi connectivity index (χ3n) is 3.55. The van der Waals surface area contributed by atoms with Gasteiger partial charge in [0.05, 0.1) is 5.02 Å². The number of anilines is 5. The van der Waals surface area contributed by atoms with Crippen molar-refractivity contribution in [2.75, 3.05) is 16.4 Å². The summed E-state index contributed by atoms with van der Waals surface area (Å²) in [5.41, 5.74) is 10.2. The number of nitrogens with two attached hydrogens (primary N) is 1. The van der Waals surface area contributed by atoms with Crippen LogP contribution in [0.5, 0.6) is 0 Å². The van der Waals surface area contributed by atoms with Gasteiger partial charge in [0.2, 0.25) is 0 Å². The Kier molecular flexibility index (Phi) is 4.72. The van der Waals surface area contributed by atoms with E-state index in [9.17, 15) is 4.39 Å². The average Bonchev–Trinajstić information content (AvgIpc) is 2.54. The Hall–Kier alpha value is -2.86. The normalized spacial score (nSPS) is 10.6. The Morgan fingerprint density at radius 3 is 2.12 bits per heavy atom. The molecule has 0 aliphatic rings. The highest BCUT2D eigenvalue weighted by Gasteiger charge is 2.10. The molecule has 3 aromatic rings. The van der Waals surface area contributed by atoms with Gasteiger partial charge >= 0.3 is 0 Å². The van der Waals surface area contributed by atoms with E-state index in [1.807, 2.05) is 26.0 Å². The molecular weight excluding hydrogens is 341 g/mol. The first-order valence-corrected chi connectivity index (χ1v) is 7.98. The van der Waals surface area contributed by atoms with Crippen LogP contribution in [-0.4, -0.2) is 9.97 Å². The van der Waals surface area contributed by atoms with Gasteiger partial charge in [-0.25, -0.2) is 14.4 Å². The Morgan fingerprint density at radius 2 is 1.52 bits per heavy atom. The molecule has 5 nitrogen and oxygen atoms in total. The first-order valence-electron chi connectivity index (χ1n) is 7.60. The summed E-state index contributed by atoms with van der Waals surface area (Å²) < 4.78 is 13.3. The molecule has 0 fully saturated rings. The van der Waals surface area contributed by atoms with Gasteiger partial charge in [-0.3, -0.25) is 0 Å². The summed E-state index contributed by atoms with van der Waals surface area (Å²) in [6, 6.07) is 10.4. The summed E-state index contributed by atoms with van der Waals surface area (Å²) in [7, 11) is 0. The molecule has 4 N–H and O–H groups in total. The summed E-state index contributed by atoms with van der Waals surface area (Å²) in [5.74, 6) is 0.403. The minimum atomic E-state index is -0.486. The van der Waals surface area contributed by atoms with Gasteiger partial charge in [-0.1, -0.05) is 17.7 Å². The van der Waals surface area contributed by atoms with Crippen molar-refractivity contribution >= 4 is 40.3 Å². The number of nitrogen functional groups attached to an aromatic ring is 1. The van der Waals surface area contributed by atoms with Crippen molar-refractivity contribution in [2.45, 2.75) is 13.8 Å². The highest BCUT2D eigenvalue weighted by molar-refractivity contribution is 6.31.